The molecule has 6 rings (SSSR count). The quantitative estimate of drug-likeness (QED) is 0.0433. The van der Waals surface area contributed by atoms with Gasteiger partial charge in [0.2, 0.25) is 17.6 Å². The van der Waals surface area contributed by atoms with Gasteiger partial charge in [-0.05, 0) is 118 Å². The molecule has 362 valence electrons. The van der Waals surface area contributed by atoms with E-state index in [4.69, 9.17) is 14.2 Å². The summed E-state index contributed by atoms with van der Waals surface area (Å²) in [6.07, 6.45) is 5.73. The average molecular weight is 934 g/mol. The number of nitrogens with zero attached hydrogens (tertiary/aromatic N) is 2. The van der Waals surface area contributed by atoms with Crippen LogP contribution in [-0.4, -0.2) is 94.5 Å². The molecule has 0 bridgehead atoms. The number of carbonyl (C=O) groups is 9. The number of rotatable bonds is 23. The maximum atomic E-state index is 14.0. The number of likely N-dealkylation sites (tertiary alicyclic amines) is 1. The zero-order chi connectivity index (χ0) is 49.1. The van der Waals surface area contributed by atoms with Gasteiger partial charge in [0.05, 0.1) is 11.1 Å². The largest absolute Gasteiger partial charge is 0.486 e. The second-order valence-corrected chi connectivity index (χ2v) is 18.7. The van der Waals surface area contributed by atoms with Crippen molar-refractivity contribution in [2.75, 3.05) is 19.8 Å². The third-order valence-electron chi connectivity index (χ3n) is 13.4. The molecule has 15 heteroatoms. The first-order valence-corrected chi connectivity index (χ1v) is 23.8. The molecule has 2 fully saturated rings. The number of benzene rings is 3. The Morgan fingerprint density at radius 1 is 0.794 bits per heavy atom. The number of ether oxygens (including phenoxy) is 3. The van der Waals surface area contributed by atoms with Crippen LogP contribution in [0.2, 0.25) is 0 Å². The fraction of sp³-hybridized carbons (Fsp3) is 0.491. The third kappa shape index (κ3) is 12.5. The van der Waals surface area contributed by atoms with Crippen LogP contribution in [0.4, 0.5) is 0 Å². The van der Waals surface area contributed by atoms with E-state index < -0.39 is 64.9 Å². The Bertz CT molecular complexity index is 2440. The molecule has 3 heterocycles. The van der Waals surface area contributed by atoms with Crippen LogP contribution in [-0.2, 0) is 44.7 Å². The van der Waals surface area contributed by atoms with Crippen molar-refractivity contribution in [3.05, 3.63) is 94.0 Å². The SMILES string of the molecule is CCC(C)(C)C(=O)C(=O)N1CCCC[C@H]1C(=O)O[C@H](CCc1ccc(C)c(C)c1)c1cccc(OCC(=O)CCCCCCC(=O)COc2cccc3c2C(=O)N(C2CCC(=O)NC2=O)C3=O)c1. The van der Waals surface area contributed by atoms with Crippen LogP contribution in [0.3, 0.4) is 0 Å². The Labute approximate surface area is 397 Å². The van der Waals surface area contributed by atoms with Gasteiger partial charge in [-0.15, -0.1) is 0 Å². The summed E-state index contributed by atoms with van der Waals surface area (Å²) in [4.78, 5) is 119. The van der Waals surface area contributed by atoms with Gasteiger partial charge in [-0.2, -0.15) is 0 Å². The summed E-state index contributed by atoms with van der Waals surface area (Å²) in [6, 6.07) is 15.8. The van der Waals surface area contributed by atoms with Crippen LogP contribution >= 0.6 is 0 Å². The first-order valence-electron chi connectivity index (χ1n) is 23.8. The van der Waals surface area contributed by atoms with Crippen LogP contribution in [0.5, 0.6) is 11.5 Å². The van der Waals surface area contributed by atoms with E-state index in [2.05, 4.69) is 30.4 Å². The highest BCUT2D eigenvalue weighted by Crippen LogP contribution is 2.34. The van der Waals surface area contributed by atoms with E-state index in [9.17, 15) is 43.2 Å². The number of fused-ring (bicyclic) bond motifs is 1. The minimum absolute atomic E-state index is 0.00101. The Kier molecular flexibility index (Phi) is 17.2. The number of piperidine rings is 2. The topological polar surface area (TPSA) is 200 Å². The number of unbranched alkanes of at least 4 members (excludes halogenated alkanes) is 3. The predicted octanol–water partition coefficient (Wildman–Crippen LogP) is 7.24. The number of aryl methyl sites for hydroxylation is 3. The number of nitrogens with one attached hydrogen (secondary N) is 1. The highest BCUT2D eigenvalue weighted by molar-refractivity contribution is 6.38. The molecule has 0 aromatic heterocycles. The van der Waals surface area contributed by atoms with Crippen molar-refractivity contribution in [2.24, 2.45) is 5.41 Å². The lowest BCUT2D eigenvalue weighted by Crippen LogP contribution is -2.54. The summed E-state index contributed by atoms with van der Waals surface area (Å²) in [6.45, 7) is 9.26. The smallest absolute Gasteiger partial charge is 0.329 e. The molecule has 68 heavy (non-hydrogen) atoms. The van der Waals surface area contributed by atoms with E-state index >= 15 is 0 Å². The molecule has 3 aromatic rings. The number of hydrogen-bond donors (Lipinski definition) is 1. The third-order valence-corrected chi connectivity index (χ3v) is 13.4. The van der Waals surface area contributed by atoms with Crippen LogP contribution < -0.4 is 14.8 Å². The molecule has 0 spiro atoms. The molecule has 0 saturated carbocycles. The van der Waals surface area contributed by atoms with Crippen molar-refractivity contribution in [3.8, 4) is 11.5 Å². The van der Waals surface area contributed by atoms with E-state index in [-0.39, 0.29) is 67.3 Å². The maximum Gasteiger partial charge on any atom is 0.329 e. The number of hydrogen-bond acceptors (Lipinski definition) is 12. The standard InChI is InChI=1S/C53H63N3O12/c1-6-53(4,5)47(60)51(64)55-28-12-11-20-42(55)52(65)68-43(26-24-35-23-22-33(2)34(3)29-35)36-15-13-18-39(30-36)66-31-37(57)16-9-7-8-10-17-38(58)32-67-44-21-14-19-40-46(44)50(63)56(49(40)62)41-25-27-45(59)54-48(41)61/h13-15,18-19,21-23,29-30,41-43H,6-12,16-17,20,24-28,31-32H2,1-5H3,(H,54,59,61)/t41?,42-,43+/m0/s1. The van der Waals surface area contributed by atoms with Gasteiger partial charge >= 0.3 is 5.97 Å². The number of imide groups is 2. The van der Waals surface area contributed by atoms with Crippen molar-refractivity contribution in [2.45, 2.75) is 143 Å². The summed E-state index contributed by atoms with van der Waals surface area (Å²) in [5.74, 6) is -4.09. The molecule has 2 saturated heterocycles. The van der Waals surface area contributed by atoms with Gasteiger partial charge in [0.25, 0.3) is 17.7 Å². The lowest BCUT2D eigenvalue weighted by molar-refractivity contribution is -0.164. The molecule has 5 amide bonds. The van der Waals surface area contributed by atoms with Gasteiger partial charge in [-0.3, -0.25) is 48.6 Å². The van der Waals surface area contributed by atoms with Crippen LogP contribution in [0.25, 0.3) is 0 Å². The predicted molar refractivity (Wildman–Crippen MR) is 250 cm³/mol. The molecular weight excluding hydrogens is 871 g/mol. The van der Waals surface area contributed by atoms with Gasteiger partial charge < -0.3 is 19.1 Å². The Morgan fingerprint density at radius 2 is 1.50 bits per heavy atom. The van der Waals surface area contributed by atoms with Crippen molar-refractivity contribution < 1.29 is 57.4 Å². The number of amides is 5. The molecule has 3 aliphatic heterocycles. The van der Waals surface area contributed by atoms with Gasteiger partial charge in [0.1, 0.15) is 42.9 Å². The van der Waals surface area contributed by atoms with Gasteiger partial charge in [0.15, 0.2) is 11.6 Å². The lowest BCUT2D eigenvalue weighted by atomic mass is 9.84. The first kappa shape index (κ1) is 50.9. The fourth-order valence-electron chi connectivity index (χ4n) is 8.64. The Hall–Kier alpha value is -6.51. The van der Waals surface area contributed by atoms with Crippen molar-refractivity contribution >= 4 is 52.9 Å². The highest BCUT2D eigenvalue weighted by atomic mass is 16.5. The van der Waals surface area contributed by atoms with Crippen molar-refractivity contribution in [1.82, 2.24) is 15.1 Å². The zero-order valence-electron chi connectivity index (χ0n) is 39.8. The van der Waals surface area contributed by atoms with E-state index in [1.165, 1.54) is 28.7 Å². The molecule has 0 aliphatic carbocycles. The zero-order valence-corrected chi connectivity index (χ0v) is 39.8. The van der Waals surface area contributed by atoms with E-state index in [0.717, 1.165) is 22.4 Å². The summed E-state index contributed by atoms with van der Waals surface area (Å²) in [5, 5.41) is 2.16. The second kappa shape index (κ2) is 23.0. The van der Waals surface area contributed by atoms with Crippen LogP contribution in [0.15, 0.2) is 60.7 Å². The Balaban J connectivity index is 0.964. The van der Waals surface area contributed by atoms with Gasteiger partial charge in [-0.1, -0.05) is 70.0 Å². The minimum Gasteiger partial charge on any atom is -0.486 e. The minimum atomic E-state index is -1.11. The van der Waals surface area contributed by atoms with E-state index in [0.29, 0.717) is 75.6 Å². The number of carbonyl (C=O) groups excluding carboxylic acids is 9. The lowest BCUT2D eigenvalue weighted by Gasteiger charge is -2.36. The summed E-state index contributed by atoms with van der Waals surface area (Å²) < 4.78 is 17.9. The molecular formula is C53H63N3O12. The first-order chi connectivity index (χ1) is 32.5. The fourth-order valence-corrected chi connectivity index (χ4v) is 8.64. The molecule has 3 atom stereocenters. The number of ketones is 3. The summed E-state index contributed by atoms with van der Waals surface area (Å²) in [5.41, 5.74) is 3.28. The Morgan fingerprint density at radius 3 is 2.19 bits per heavy atom. The van der Waals surface area contributed by atoms with E-state index in [1.54, 1.807) is 32.0 Å². The molecule has 0 radical (unpaired) electrons. The van der Waals surface area contributed by atoms with Crippen molar-refractivity contribution in [1.29, 1.82) is 0 Å². The number of Topliss-reactive ketones (excluding diaryl/α,β-unsaturated/α-hetero) is 3. The summed E-state index contributed by atoms with van der Waals surface area (Å²) in [7, 11) is 0. The molecule has 1 N–H and O–H groups in total. The summed E-state index contributed by atoms with van der Waals surface area (Å²) >= 11 is 0. The average Bonchev–Trinajstić information content (AvgIpc) is 3.58. The van der Waals surface area contributed by atoms with Crippen LogP contribution in [0, 0.1) is 19.3 Å². The highest BCUT2D eigenvalue weighted by Gasteiger charge is 2.46. The molecule has 1 unspecified atom stereocenters. The molecule has 15 nitrogen and oxygen atoms in total. The molecule has 3 aromatic carbocycles. The molecule has 3 aliphatic rings. The van der Waals surface area contributed by atoms with Crippen molar-refractivity contribution in [3.63, 3.8) is 0 Å². The maximum absolute atomic E-state index is 14.0. The monoisotopic (exact) mass is 933 g/mol. The second-order valence-electron chi connectivity index (χ2n) is 18.7. The van der Waals surface area contributed by atoms with Gasteiger partial charge in [0, 0.05) is 31.2 Å². The van der Waals surface area contributed by atoms with Gasteiger partial charge in [-0.25, -0.2) is 4.79 Å². The number of esters is 1. The normalized spacial score (nSPS) is 17.6. The van der Waals surface area contributed by atoms with E-state index in [1.807, 2.05) is 19.9 Å². The van der Waals surface area contributed by atoms with Crippen LogP contribution in [0.1, 0.15) is 153 Å².